The van der Waals surface area contributed by atoms with E-state index in [0.29, 0.717) is 23.6 Å². The maximum absolute atomic E-state index is 12.5. The van der Waals surface area contributed by atoms with Crippen molar-refractivity contribution >= 4 is 23.4 Å². The van der Waals surface area contributed by atoms with Crippen molar-refractivity contribution in [1.82, 2.24) is 4.90 Å². The lowest BCUT2D eigenvalue weighted by molar-refractivity contribution is -0.111. The van der Waals surface area contributed by atoms with Crippen molar-refractivity contribution in [2.45, 2.75) is 6.61 Å². The van der Waals surface area contributed by atoms with Gasteiger partial charge in [-0.05, 0) is 49.0 Å². The monoisotopic (exact) mass is 473 g/mol. The molecular formula is C28H31N3O4. The maximum atomic E-state index is 12.5. The van der Waals surface area contributed by atoms with Gasteiger partial charge in [-0.2, -0.15) is 0 Å². The number of aromatic hydroxyl groups is 1. The maximum Gasteiger partial charge on any atom is 0.248 e. The van der Waals surface area contributed by atoms with E-state index in [1.54, 1.807) is 24.3 Å². The summed E-state index contributed by atoms with van der Waals surface area (Å²) in [4.78, 5) is 17.2. The van der Waals surface area contributed by atoms with Gasteiger partial charge in [0, 0.05) is 55.3 Å². The third-order valence-corrected chi connectivity index (χ3v) is 5.99. The van der Waals surface area contributed by atoms with Crippen LogP contribution in [0.15, 0.2) is 72.8 Å². The van der Waals surface area contributed by atoms with E-state index in [0.717, 1.165) is 43.2 Å². The average molecular weight is 474 g/mol. The van der Waals surface area contributed by atoms with Crippen molar-refractivity contribution in [2.75, 3.05) is 50.6 Å². The number of carbonyl (C=O) groups is 1. The van der Waals surface area contributed by atoms with Gasteiger partial charge in [0.2, 0.25) is 5.91 Å². The lowest BCUT2D eigenvalue weighted by Gasteiger charge is -2.34. The largest absolute Gasteiger partial charge is 0.504 e. The van der Waals surface area contributed by atoms with Crippen molar-refractivity contribution < 1.29 is 19.4 Å². The SMILES string of the molecule is COc1ccc(C=CC(=O)Nc2ccccc2COc2cccc(N3CCN(C)CC3)c2)cc1O. The van der Waals surface area contributed by atoms with Crippen LogP contribution in [-0.2, 0) is 11.4 Å². The predicted octanol–water partition coefficient (Wildman–Crippen LogP) is 4.38. The molecule has 7 heteroatoms. The lowest BCUT2D eigenvalue weighted by atomic mass is 10.1. The molecule has 0 aliphatic carbocycles. The Morgan fingerprint density at radius 3 is 2.60 bits per heavy atom. The number of likely N-dealkylation sites (N-methyl/N-ethyl adjacent to an activating group) is 1. The van der Waals surface area contributed by atoms with Gasteiger partial charge in [0.05, 0.1) is 7.11 Å². The smallest absolute Gasteiger partial charge is 0.248 e. The van der Waals surface area contributed by atoms with E-state index in [1.807, 2.05) is 36.4 Å². The number of phenols is 1. The molecule has 3 aromatic carbocycles. The van der Waals surface area contributed by atoms with E-state index in [9.17, 15) is 9.90 Å². The Bertz CT molecular complexity index is 1190. The number of ether oxygens (including phenoxy) is 2. The number of piperazine rings is 1. The summed E-state index contributed by atoms with van der Waals surface area (Å²) in [6.07, 6.45) is 3.07. The Kier molecular flexibility index (Phi) is 7.90. The normalized spacial score (nSPS) is 14.2. The zero-order chi connectivity index (χ0) is 24.6. The number of methoxy groups -OCH3 is 1. The van der Waals surface area contributed by atoms with E-state index in [1.165, 1.54) is 13.2 Å². The van der Waals surface area contributed by atoms with E-state index in [4.69, 9.17) is 9.47 Å². The van der Waals surface area contributed by atoms with Crippen LogP contribution >= 0.6 is 0 Å². The van der Waals surface area contributed by atoms with Gasteiger partial charge in [0.15, 0.2) is 11.5 Å². The molecule has 4 rings (SSSR count). The van der Waals surface area contributed by atoms with E-state index >= 15 is 0 Å². The molecule has 182 valence electrons. The quantitative estimate of drug-likeness (QED) is 0.473. The number of hydrogen-bond donors (Lipinski definition) is 2. The molecule has 1 aliphatic rings. The highest BCUT2D eigenvalue weighted by atomic mass is 16.5. The van der Waals surface area contributed by atoms with Gasteiger partial charge in [0.1, 0.15) is 12.4 Å². The minimum atomic E-state index is -0.273. The Hall–Kier alpha value is -3.97. The minimum absolute atomic E-state index is 0.0224. The molecule has 0 bridgehead atoms. The van der Waals surface area contributed by atoms with Gasteiger partial charge in [-0.3, -0.25) is 4.79 Å². The van der Waals surface area contributed by atoms with E-state index < -0.39 is 0 Å². The second-order valence-electron chi connectivity index (χ2n) is 8.49. The highest BCUT2D eigenvalue weighted by Crippen LogP contribution is 2.27. The first-order valence-corrected chi connectivity index (χ1v) is 11.6. The summed E-state index contributed by atoms with van der Waals surface area (Å²) in [7, 11) is 3.64. The predicted molar refractivity (Wildman–Crippen MR) is 139 cm³/mol. The molecule has 1 heterocycles. The number of para-hydroxylation sites is 1. The van der Waals surface area contributed by atoms with Crippen molar-refractivity contribution in [1.29, 1.82) is 0 Å². The van der Waals surface area contributed by atoms with Gasteiger partial charge in [-0.1, -0.05) is 30.3 Å². The number of rotatable bonds is 8. The van der Waals surface area contributed by atoms with Gasteiger partial charge >= 0.3 is 0 Å². The first-order valence-electron chi connectivity index (χ1n) is 11.6. The lowest BCUT2D eigenvalue weighted by Crippen LogP contribution is -2.44. The summed E-state index contributed by atoms with van der Waals surface area (Å²) >= 11 is 0. The second-order valence-corrected chi connectivity index (χ2v) is 8.49. The van der Waals surface area contributed by atoms with Crippen LogP contribution in [0.25, 0.3) is 6.08 Å². The van der Waals surface area contributed by atoms with Crippen LogP contribution in [0.4, 0.5) is 11.4 Å². The molecule has 0 atom stereocenters. The van der Waals surface area contributed by atoms with Crippen molar-refractivity contribution in [3.8, 4) is 17.2 Å². The molecule has 0 saturated carbocycles. The van der Waals surface area contributed by atoms with Crippen molar-refractivity contribution in [3.05, 3.63) is 83.9 Å². The van der Waals surface area contributed by atoms with E-state index in [2.05, 4.69) is 34.3 Å². The number of phenolic OH excluding ortho intramolecular Hbond substituents is 1. The summed E-state index contributed by atoms with van der Waals surface area (Å²) in [5.74, 6) is 0.926. The fraction of sp³-hybridized carbons (Fsp3) is 0.250. The molecule has 0 spiro atoms. The number of hydrogen-bond acceptors (Lipinski definition) is 6. The molecule has 0 radical (unpaired) electrons. The third kappa shape index (κ3) is 6.55. The fourth-order valence-corrected chi connectivity index (χ4v) is 3.92. The van der Waals surface area contributed by atoms with Gasteiger partial charge in [-0.15, -0.1) is 0 Å². The van der Waals surface area contributed by atoms with Crippen LogP contribution in [0.2, 0.25) is 0 Å². The molecule has 1 aliphatic heterocycles. The van der Waals surface area contributed by atoms with E-state index in [-0.39, 0.29) is 11.7 Å². The standard InChI is InChI=1S/C28H31N3O4/c1-30-14-16-31(17-15-30)23-7-5-8-24(19-23)35-20-22-6-3-4-9-25(22)29-28(33)13-11-21-10-12-27(34-2)26(32)18-21/h3-13,18-19,32H,14-17,20H2,1-2H3,(H,29,33). The van der Waals surface area contributed by atoms with Gasteiger partial charge < -0.3 is 29.7 Å². The highest BCUT2D eigenvalue weighted by Gasteiger charge is 2.15. The molecule has 1 saturated heterocycles. The molecule has 3 aromatic rings. The molecule has 7 nitrogen and oxygen atoms in total. The van der Waals surface area contributed by atoms with Gasteiger partial charge in [-0.25, -0.2) is 0 Å². The summed E-state index contributed by atoms with van der Waals surface area (Å²) in [6, 6.07) is 20.7. The van der Waals surface area contributed by atoms with Crippen LogP contribution < -0.4 is 19.7 Å². The number of nitrogens with zero attached hydrogens (tertiary/aromatic N) is 2. The van der Waals surface area contributed by atoms with Crippen LogP contribution in [-0.4, -0.2) is 56.3 Å². The highest BCUT2D eigenvalue weighted by molar-refractivity contribution is 6.02. The average Bonchev–Trinajstić information content (AvgIpc) is 2.88. The van der Waals surface area contributed by atoms with Crippen LogP contribution in [0, 0.1) is 0 Å². The minimum Gasteiger partial charge on any atom is -0.504 e. The Morgan fingerprint density at radius 2 is 1.83 bits per heavy atom. The van der Waals surface area contributed by atoms with Crippen LogP contribution in [0.1, 0.15) is 11.1 Å². The molecular weight excluding hydrogens is 442 g/mol. The van der Waals surface area contributed by atoms with Crippen molar-refractivity contribution in [2.24, 2.45) is 0 Å². The number of anilines is 2. The zero-order valence-corrected chi connectivity index (χ0v) is 20.1. The summed E-state index contributed by atoms with van der Waals surface area (Å²) in [5.41, 5.74) is 3.42. The molecule has 0 aromatic heterocycles. The number of amides is 1. The number of carbonyl (C=O) groups excluding carboxylic acids is 1. The molecule has 0 unspecified atom stereocenters. The fourth-order valence-electron chi connectivity index (χ4n) is 3.92. The zero-order valence-electron chi connectivity index (χ0n) is 20.1. The first-order chi connectivity index (χ1) is 17.0. The summed E-state index contributed by atoms with van der Waals surface area (Å²) < 4.78 is 11.1. The number of nitrogens with one attached hydrogen (secondary N) is 1. The molecule has 1 fully saturated rings. The molecule has 1 amide bonds. The molecule has 35 heavy (non-hydrogen) atoms. The first kappa shape index (κ1) is 24.2. The Labute approximate surface area is 206 Å². The third-order valence-electron chi connectivity index (χ3n) is 5.99. The summed E-state index contributed by atoms with van der Waals surface area (Å²) in [6.45, 7) is 4.42. The topological polar surface area (TPSA) is 74.3 Å². The number of benzene rings is 3. The Morgan fingerprint density at radius 1 is 1.03 bits per heavy atom. The van der Waals surface area contributed by atoms with Crippen LogP contribution in [0.5, 0.6) is 17.2 Å². The van der Waals surface area contributed by atoms with Crippen LogP contribution in [0.3, 0.4) is 0 Å². The molecule has 2 N–H and O–H groups in total. The summed E-state index contributed by atoms with van der Waals surface area (Å²) in [5, 5.41) is 12.8. The second kappa shape index (κ2) is 11.4. The van der Waals surface area contributed by atoms with Gasteiger partial charge in [0.25, 0.3) is 0 Å². The van der Waals surface area contributed by atoms with Crippen molar-refractivity contribution in [3.63, 3.8) is 0 Å². The Balaban J connectivity index is 1.37.